The lowest BCUT2D eigenvalue weighted by Gasteiger charge is -2.31. The number of nitro benzene ring substituents is 1. The number of nitrogens with zero attached hydrogens (tertiary/aromatic N) is 3. The lowest BCUT2D eigenvalue weighted by molar-refractivity contribution is -0.384. The summed E-state index contributed by atoms with van der Waals surface area (Å²) in [7, 11) is 0. The summed E-state index contributed by atoms with van der Waals surface area (Å²) in [5.41, 5.74) is 0.497. The van der Waals surface area contributed by atoms with Gasteiger partial charge in [0.1, 0.15) is 0 Å². The van der Waals surface area contributed by atoms with Crippen molar-refractivity contribution < 1.29 is 19.3 Å². The number of alkyl halides is 2. The molecule has 2 aromatic carbocycles. The van der Waals surface area contributed by atoms with Gasteiger partial charge in [-0.15, -0.1) is 0 Å². The second-order valence-corrected chi connectivity index (χ2v) is 10.7. The number of nitro groups is 1. The number of hydrogen-bond acceptors (Lipinski definition) is 5. The van der Waals surface area contributed by atoms with Crippen molar-refractivity contribution in [1.82, 2.24) is 10.0 Å². The standard InChI is InChI=1S/C22H18Br2ClN3O5/c23-17-9-15-16(10-18(17)24)22(31)27(21(15)30)26(11-13-3-1-2-4-19(13)25)20(29)12-5-7-14(8-6-12)28(32)33/h1-8,15-18H,9-11H2/t15-,16+,17-,18-/m0/s1. The van der Waals surface area contributed by atoms with Gasteiger partial charge in [-0.05, 0) is 36.6 Å². The molecule has 8 nitrogen and oxygen atoms in total. The van der Waals surface area contributed by atoms with E-state index in [1.54, 1.807) is 24.3 Å². The van der Waals surface area contributed by atoms with Crippen LogP contribution in [-0.4, -0.2) is 42.3 Å². The van der Waals surface area contributed by atoms with Gasteiger partial charge >= 0.3 is 0 Å². The molecule has 2 fully saturated rings. The van der Waals surface area contributed by atoms with Crippen LogP contribution in [0.3, 0.4) is 0 Å². The molecule has 11 heteroatoms. The normalized spacial score (nSPS) is 24.5. The van der Waals surface area contributed by atoms with Crippen LogP contribution in [0.4, 0.5) is 5.69 Å². The molecule has 33 heavy (non-hydrogen) atoms. The number of rotatable bonds is 5. The highest BCUT2D eigenvalue weighted by atomic mass is 79.9. The maximum absolute atomic E-state index is 13.5. The van der Waals surface area contributed by atoms with Gasteiger partial charge in [-0.2, -0.15) is 5.01 Å². The fourth-order valence-electron chi connectivity index (χ4n) is 4.21. The van der Waals surface area contributed by atoms with Gasteiger partial charge < -0.3 is 0 Å². The average Bonchev–Trinajstić information content (AvgIpc) is 3.02. The van der Waals surface area contributed by atoms with Crippen LogP contribution in [0, 0.1) is 22.0 Å². The highest BCUT2D eigenvalue weighted by Crippen LogP contribution is 2.44. The molecule has 4 rings (SSSR count). The zero-order valence-corrected chi connectivity index (χ0v) is 21.0. The van der Waals surface area contributed by atoms with Gasteiger partial charge in [0.15, 0.2) is 0 Å². The molecule has 2 aromatic rings. The lowest BCUT2D eigenvalue weighted by atomic mass is 9.81. The van der Waals surface area contributed by atoms with Crippen molar-refractivity contribution in [3.05, 3.63) is 74.8 Å². The number of amides is 3. The predicted octanol–water partition coefficient (Wildman–Crippen LogP) is 4.73. The zero-order valence-electron chi connectivity index (χ0n) is 17.1. The molecule has 1 saturated heterocycles. The van der Waals surface area contributed by atoms with Crippen LogP contribution in [0.15, 0.2) is 48.5 Å². The first kappa shape index (κ1) is 23.8. The third-order valence-electron chi connectivity index (χ3n) is 5.97. The molecule has 0 bridgehead atoms. The predicted molar refractivity (Wildman–Crippen MR) is 128 cm³/mol. The van der Waals surface area contributed by atoms with Crippen molar-refractivity contribution in [2.75, 3.05) is 0 Å². The van der Waals surface area contributed by atoms with Crippen LogP contribution >= 0.6 is 43.5 Å². The van der Waals surface area contributed by atoms with Crippen LogP contribution in [-0.2, 0) is 16.1 Å². The van der Waals surface area contributed by atoms with E-state index in [9.17, 15) is 24.5 Å². The molecular formula is C22H18Br2ClN3O5. The third-order valence-corrected chi connectivity index (χ3v) is 9.07. The number of fused-ring (bicyclic) bond motifs is 1. The Balaban J connectivity index is 1.72. The first-order valence-electron chi connectivity index (χ1n) is 10.1. The van der Waals surface area contributed by atoms with E-state index in [0.717, 1.165) is 10.0 Å². The third kappa shape index (κ3) is 4.56. The van der Waals surface area contributed by atoms with E-state index in [1.807, 2.05) is 0 Å². The molecule has 1 aliphatic carbocycles. The molecule has 1 saturated carbocycles. The van der Waals surface area contributed by atoms with Crippen LogP contribution in [0.2, 0.25) is 5.02 Å². The molecule has 2 aliphatic rings. The summed E-state index contributed by atoms with van der Waals surface area (Å²) < 4.78 is 0. The molecule has 0 spiro atoms. The van der Waals surface area contributed by atoms with E-state index in [0.29, 0.717) is 23.4 Å². The Morgan fingerprint density at radius 3 is 2.09 bits per heavy atom. The number of hydrazine groups is 1. The topological polar surface area (TPSA) is 101 Å². The monoisotopic (exact) mass is 597 g/mol. The Hall–Kier alpha value is -2.30. The molecular weight excluding hydrogens is 582 g/mol. The molecule has 0 unspecified atom stereocenters. The minimum atomic E-state index is -0.629. The van der Waals surface area contributed by atoms with Crippen molar-refractivity contribution in [3.8, 4) is 0 Å². The Kier molecular flexibility index (Phi) is 6.88. The smallest absolute Gasteiger partial charge is 0.272 e. The van der Waals surface area contributed by atoms with E-state index < -0.39 is 34.5 Å². The first-order valence-corrected chi connectivity index (χ1v) is 12.4. The number of halogens is 3. The van der Waals surface area contributed by atoms with Crippen molar-refractivity contribution in [3.63, 3.8) is 0 Å². The minimum Gasteiger partial charge on any atom is -0.272 e. The van der Waals surface area contributed by atoms with E-state index in [2.05, 4.69) is 31.9 Å². The minimum absolute atomic E-state index is 0.0258. The molecule has 0 N–H and O–H groups in total. The number of benzene rings is 2. The maximum atomic E-state index is 13.5. The molecule has 0 radical (unpaired) electrons. The van der Waals surface area contributed by atoms with Crippen molar-refractivity contribution in [1.29, 1.82) is 0 Å². The number of hydrogen-bond donors (Lipinski definition) is 0. The molecule has 172 valence electrons. The highest BCUT2D eigenvalue weighted by molar-refractivity contribution is 9.12. The maximum Gasteiger partial charge on any atom is 0.273 e. The summed E-state index contributed by atoms with van der Waals surface area (Å²) in [6, 6.07) is 11.9. The Bertz CT molecular complexity index is 1100. The summed E-state index contributed by atoms with van der Waals surface area (Å²) in [5, 5.41) is 13.4. The van der Waals surface area contributed by atoms with Gasteiger partial charge in [0.2, 0.25) is 0 Å². The molecule has 0 aromatic heterocycles. The van der Waals surface area contributed by atoms with Crippen molar-refractivity contribution in [2.24, 2.45) is 11.8 Å². The van der Waals surface area contributed by atoms with Gasteiger partial charge in [-0.1, -0.05) is 61.7 Å². The van der Waals surface area contributed by atoms with Crippen molar-refractivity contribution in [2.45, 2.75) is 29.0 Å². The van der Waals surface area contributed by atoms with Gasteiger partial charge in [0.05, 0.1) is 23.3 Å². The van der Waals surface area contributed by atoms with Gasteiger partial charge in [0, 0.05) is 32.4 Å². The van der Waals surface area contributed by atoms with Crippen molar-refractivity contribution >= 4 is 66.9 Å². The summed E-state index contributed by atoms with van der Waals surface area (Å²) in [5.74, 6) is -2.56. The Morgan fingerprint density at radius 2 is 1.58 bits per heavy atom. The lowest BCUT2D eigenvalue weighted by Crippen LogP contribution is -2.49. The highest BCUT2D eigenvalue weighted by Gasteiger charge is 2.54. The largest absolute Gasteiger partial charge is 0.273 e. The second-order valence-electron chi connectivity index (χ2n) is 7.96. The zero-order chi connectivity index (χ0) is 23.9. The fourth-order valence-corrected chi connectivity index (χ4v) is 5.64. The summed E-state index contributed by atoms with van der Waals surface area (Å²) in [6.07, 6.45) is 0.931. The van der Waals surface area contributed by atoms with Crippen LogP contribution < -0.4 is 0 Å². The van der Waals surface area contributed by atoms with E-state index in [1.165, 1.54) is 24.3 Å². The first-order chi connectivity index (χ1) is 15.7. The Labute approximate surface area is 211 Å². The van der Waals surface area contributed by atoms with E-state index in [4.69, 9.17) is 11.6 Å². The van der Waals surface area contributed by atoms with Crippen LogP contribution in [0.5, 0.6) is 0 Å². The SMILES string of the molecule is O=C(c1ccc([N+](=O)[O-])cc1)N(Cc1ccccc1Cl)N1C(=O)[C@H]2C[C@H](Br)[C@@H](Br)C[C@H]2C1=O. The number of carbonyl (C=O) groups is 3. The fraction of sp³-hybridized carbons (Fsp3) is 0.318. The summed E-state index contributed by atoms with van der Waals surface area (Å²) in [6.45, 7) is -0.109. The molecule has 4 atom stereocenters. The van der Waals surface area contributed by atoms with E-state index in [-0.39, 0.29) is 27.4 Å². The number of non-ortho nitro benzene ring substituents is 1. The number of imide groups is 1. The summed E-state index contributed by atoms with van der Waals surface area (Å²) >= 11 is 13.4. The summed E-state index contributed by atoms with van der Waals surface area (Å²) in [4.78, 5) is 50.7. The second kappa shape index (κ2) is 9.52. The van der Waals surface area contributed by atoms with Gasteiger partial charge in [-0.25, -0.2) is 5.01 Å². The molecule has 1 heterocycles. The quantitative estimate of drug-likeness (QED) is 0.214. The van der Waals surface area contributed by atoms with Crippen LogP contribution in [0.25, 0.3) is 0 Å². The molecule has 1 aliphatic heterocycles. The molecule has 3 amide bonds. The van der Waals surface area contributed by atoms with Gasteiger partial charge in [0.25, 0.3) is 23.4 Å². The average molecular weight is 600 g/mol. The van der Waals surface area contributed by atoms with Gasteiger partial charge in [-0.3, -0.25) is 24.5 Å². The number of carbonyl (C=O) groups excluding carboxylic acids is 3. The Morgan fingerprint density at radius 1 is 1.03 bits per heavy atom. The van der Waals surface area contributed by atoms with E-state index >= 15 is 0 Å². The van der Waals surface area contributed by atoms with Crippen LogP contribution in [0.1, 0.15) is 28.8 Å².